The van der Waals surface area contributed by atoms with Crippen LogP contribution in [0.2, 0.25) is 0 Å². The number of carboxylic acid groups (broad SMARTS) is 1. The van der Waals surface area contributed by atoms with E-state index in [-0.39, 0.29) is 18.2 Å². The molecule has 0 bridgehead atoms. The Morgan fingerprint density at radius 2 is 2.05 bits per heavy atom. The second-order valence-corrected chi connectivity index (χ2v) is 4.95. The third-order valence-corrected chi connectivity index (χ3v) is 3.72. The zero-order chi connectivity index (χ0) is 14.0. The van der Waals surface area contributed by atoms with E-state index < -0.39 is 18.1 Å². The monoisotopic (exact) mass is 280 g/mol. The van der Waals surface area contributed by atoms with Gasteiger partial charge in [0.2, 0.25) is 5.91 Å². The van der Waals surface area contributed by atoms with Crippen molar-refractivity contribution in [3.8, 4) is 0 Å². The number of rotatable bonds is 3. The second kappa shape index (κ2) is 5.63. The Labute approximate surface area is 116 Å². The molecule has 0 unspecified atom stereocenters. The number of nitrogens with two attached hydrogens (primary N) is 1. The van der Waals surface area contributed by atoms with E-state index in [1.807, 2.05) is 24.3 Å². The Balaban J connectivity index is 2.31. The molecule has 0 saturated heterocycles. The van der Waals surface area contributed by atoms with Crippen molar-refractivity contribution in [2.24, 2.45) is 5.73 Å². The van der Waals surface area contributed by atoms with E-state index in [2.05, 4.69) is 12.6 Å². The summed E-state index contributed by atoms with van der Waals surface area (Å²) in [6.45, 7) is 0.285. The SMILES string of the molecule is N[C@H](CS)C(=O)N1Cc2ccccc2C[C@H]1C(=O)O. The van der Waals surface area contributed by atoms with Gasteiger partial charge in [-0.3, -0.25) is 4.79 Å². The Kier molecular flexibility index (Phi) is 4.11. The van der Waals surface area contributed by atoms with Gasteiger partial charge in [0.25, 0.3) is 0 Å². The average Bonchev–Trinajstić information content (AvgIpc) is 2.44. The predicted molar refractivity (Wildman–Crippen MR) is 73.9 cm³/mol. The molecule has 0 saturated carbocycles. The van der Waals surface area contributed by atoms with E-state index in [1.54, 1.807) is 0 Å². The minimum absolute atomic E-state index is 0.198. The Morgan fingerprint density at radius 1 is 1.42 bits per heavy atom. The van der Waals surface area contributed by atoms with Crippen LogP contribution in [0.3, 0.4) is 0 Å². The van der Waals surface area contributed by atoms with Crippen molar-refractivity contribution >= 4 is 24.5 Å². The first-order valence-corrected chi connectivity index (χ1v) is 6.64. The number of thiol groups is 1. The fourth-order valence-electron chi connectivity index (χ4n) is 2.27. The first-order chi connectivity index (χ1) is 9.04. The maximum atomic E-state index is 12.1. The van der Waals surface area contributed by atoms with Crippen molar-refractivity contribution in [3.05, 3.63) is 35.4 Å². The minimum atomic E-state index is -1.01. The summed E-state index contributed by atoms with van der Waals surface area (Å²) < 4.78 is 0. The lowest BCUT2D eigenvalue weighted by atomic mass is 9.93. The number of nitrogens with zero attached hydrogens (tertiary/aromatic N) is 1. The number of benzene rings is 1. The molecule has 0 aliphatic carbocycles. The van der Waals surface area contributed by atoms with Crippen LogP contribution in [0.1, 0.15) is 11.1 Å². The maximum Gasteiger partial charge on any atom is 0.326 e. The number of carbonyl (C=O) groups excluding carboxylic acids is 1. The normalized spacial score (nSPS) is 19.7. The number of carboxylic acids is 1. The molecular weight excluding hydrogens is 264 g/mol. The Morgan fingerprint density at radius 3 is 2.63 bits per heavy atom. The lowest BCUT2D eigenvalue weighted by molar-refractivity contribution is -0.151. The molecule has 2 rings (SSSR count). The van der Waals surface area contributed by atoms with Crippen LogP contribution < -0.4 is 5.73 Å². The van der Waals surface area contributed by atoms with Crippen molar-refractivity contribution in [3.63, 3.8) is 0 Å². The van der Waals surface area contributed by atoms with Gasteiger partial charge in [0.05, 0.1) is 6.04 Å². The number of amides is 1. The molecule has 1 heterocycles. The number of hydrogen-bond donors (Lipinski definition) is 3. The average molecular weight is 280 g/mol. The summed E-state index contributed by atoms with van der Waals surface area (Å²) in [5.74, 6) is -1.17. The van der Waals surface area contributed by atoms with E-state index in [4.69, 9.17) is 5.73 Å². The van der Waals surface area contributed by atoms with Gasteiger partial charge in [0.1, 0.15) is 6.04 Å². The first kappa shape index (κ1) is 13.9. The van der Waals surface area contributed by atoms with E-state index >= 15 is 0 Å². The van der Waals surface area contributed by atoms with Crippen molar-refractivity contribution in [1.82, 2.24) is 4.90 Å². The van der Waals surface area contributed by atoms with Crippen LogP contribution >= 0.6 is 12.6 Å². The molecular formula is C13H16N2O3S. The Hall–Kier alpha value is -1.53. The predicted octanol–water partition coefficient (Wildman–Crippen LogP) is 0.282. The van der Waals surface area contributed by atoms with E-state index in [0.717, 1.165) is 11.1 Å². The smallest absolute Gasteiger partial charge is 0.326 e. The highest BCUT2D eigenvalue weighted by Gasteiger charge is 2.35. The number of aliphatic carboxylic acids is 1. The Bertz CT molecular complexity index is 506. The van der Waals surface area contributed by atoms with Crippen molar-refractivity contribution in [1.29, 1.82) is 0 Å². The third-order valence-electron chi connectivity index (χ3n) is 3.33. The maximum absolute atomic E-state index is 12.1. The number of carbonyl (C=O) groups is 2. The van der Waals surface area contributed by atoms with Crippen LogP contribution in [0.15, 0.2) is 24.3 Å². The topological polar surface area (TPSA) is 83.6 Å². The van der Waals surface area contributed by atoms with Gasteiger partial charge in [0, 0.05) is 18.7 Å². The lowest BCUT2D eigenvalue weighted by Gasteiger charge is -2.35. The number of hydrogen-bond acceptors (Lipinski definition) is 4. The van der Waals surface area contributed by atoms with Gasteiger partial charge in [-0.15, -0.1) is 0 Å². The summed E-state index contributed by atoms with van der Waals surface area (Å²) in [7, 11) is 0. The molecule has 102 valence electrons. The largest absolute Gasteiger partial charge is 0.480 e. The third kappa shape index (κ3) is 2.74. The quantitative estimate of drug-likeness (QED) is 0.695. The molecule has 0 radical (unpaired) electrons. The van der Waals surface area contributed by atoms with Crippen LogP contribution in [0.25, 0.3) is 0 Å². The van der Waals surface area contributed by atoms with Crippen molar-refractivity contribution < 1.29 is 14.7 Å². The molecule has 6 heteroatoms. The summed E-state index contributed by atoms with van der Waals surface area (Å²) in [4.78, 5) is 24.8. The summed E-state index contributed by atoms with van der Waals surface area (Å²) >= 11 is 3.99. The molecule has 0 aromatic heterocycles. The molecule has 19 heavy (non-hydrogen) atoms. The fourth-order valence-corrected chi connectivity index (χ4v) is 2.42. The molecule has 1 aromatic carbocycles. The van der Waals surface area contributed by atoms with Gasteiger partial charge in [0.15, 0.2) is 0 Å². The highest BCUT2D eigenvalue weighted by Crippen LogP contribution is 2.24. The molecule has 5 nitrogen and oxygen atoms in total. The van der Waals surface area contributed by atoms with Crippen LogP contribution in [0.5, 0.6) is 0 Å². The molecule has 2 atom stereocenters. The zero-order valence-electron chi connectivity index (χ0n) is 10.3. The van der Waals surface area contributed by atoms with Crippen LogP contribution in [0, 0.1) is 0 Å². The van der Waals surface area contributed by atoms with E-state index in [9.17, 15) is 14.7 Å². The van der Waals surface area contributed by atoms with Crippen LogP contribution in [-0.4, -0.2) is 39.7 Å². The van der Waals surface area contributed by atoms with Gasteiger partial charge < -0.3 is 15.7 Å². The van der Waals surface area contributed by atoms with Gasteiger partial charge in [-0.1, -0.05) is 24.3 Å². The molecule has 3 N–H and O–H groups in total. The highest BCUT2D eigenvalue weighted by molar-refractivity contribution is 7.80. The van der Waals surface area contributed by atoms with Gasteiger partial charge in [-0.25, -0.2) is 4.79 Å². The molecule has 1 amide bonds. The van der Waals surface area contributed by atoms with Crippen LogP contribution in [0.4, 0.5) is 0 Å². The van der Waals surface area contributed by atoms with Gasteiger partial charge in [-0.05, 0) is 11.1 Å². The molecule has 1 aliphatic heterocycles. The fraction of sp³-hybridized carbons (Fsp3) is 0.385. The van der Waals surface area contributed by atoms with Crippen molar-refractivity contribution in [2.75, 3.05) is 5.75 Å². The van der Waals surface area contributed by atoms with Gasteiger partial charge in [-0.2, -0.15) is 12.6 Å². The van der Waals surface area contributed by atoms with Crippen LogP contribution in [-0.2, 0) is 22.6 Å². The van der Waals surface area contributed by atoms with Crippen molar-refractivity contribution in [2.45, 2.75) is 25.0 Å². The second-order valence-electron chi connectivity index (χ2n) is 4.58. The van der Waals surface area contributed by atoms with E-state index in [1.165, 1.54) is 4.90 Å². The summed E-state index contributed by atoms with van der Waals surface area (Å²) in [6, 6.07) is 5.92. The zero-order valence-corrected chi connectivity index (χ0v) is 11.2. The summed E-state index contributed by atoms with van der Waals surface area (Å²) in [5.41, 5.74) is 7.61. The summed E-state index contributed by atoms with van der Waals surface area (Å²) in [5, 5.41) is 9.28. The standard InChI is InChI=1S/C13H16N2O3S/c14-10(7-19)12(16)15-6-9-4-2-1-3-8(9)5-11(15)13(17)18/h1-4,10-11,19H,5-7,14H2,(H,17,18)/t10-,11+/m1/s1. The van der Waals surface area contributed by atoms with E-state index in [0.29, 0.717) is 6.42 Å². The summed E-state index contributed by atoms with van der Waals surface area (Å²) in [6.07, 6.45) is 0.316. The first-order valence-electron chi connectivity index (χ1n) is 6.01. The molecule has 1 aliphatic rings. The molecule has 1 aromatic rings. The van der Waals surface area contributed by atoms with Gasteiger partial charge >= 0.3 is 5.97 Å². The minimum Gasteiger partial charge on any atom is -0.480 e. The molecule has 0 spiro atoms. The lowest BCUT2D eigenvalue weighted by Crippen LogP contribution is -2.54. The molecule has 0 fully saturated rings. The highest BCUT2D eigenvalue weighted by atomic mass is 32.1. The number of fused-ring (bicyclic) bond motifs is 1.